The maximum atomic E-state index is 4.34. The van der Waals surface area contributed by atoms with Crippen LogP contribution in [0.5, 0.6) is 0 Å². The van der Waals surface area contributed by atoms with E-state index in [9.17, 15) is 0 Å². The standard InChI is InChI=1S/C13H15N5S/c1-9-4-6-11(7-5-9)17-16-10(2)12-8-14-18-13(15-12)19-3/h4-8,17H,1-3H3/b16-10-. The van der Waals surface area contributed by atoms with Crippen LogP contribution in [-0.2, 0) is 0 Å². The zero-order valence-corrected chi connectivity index (χ0v) is 11.9. The Morgan fingerprint density at radius 2 is 2.00 bits per heavy atom. The number of nitrogens with one attached hydrogen (secondary N) is 1. The van der Waals surface area contributed by atoms with Crippen molar-refractivity contribution in [2.24, 2.45) is 5.10 Å². The van der Waals surface area contributed by atoms with Crippen LogP contribution >= 0.6 is 11.8 Å². The van der Waals surface area contributed by atoms with Gasteiger partial charge in [-0.2, -0.15) is 10.2 Å². The maximum absolute atomic E-state index is 4.34. The van der Waals surface area contributed by atoms with Crippen LogP contribution in [0.1, 0.15) is 18.2 Å². The minimum absolute atomic E-state index is 0.641. The van der Waals surface area contributed by atoms with Crippen LogP contribution in [0.25, 0.3) is 0 Å². The van der Waals surface area contributed by atoms with E-state index in [0.29, 0.717) is 5.16 Å². The van der Waals surface area contributed by atoms with Crippen molar-refractivity contribution in [1.29, 1.82) is 0 Å². The van der Waals surface area contributed by atoms with Gasteiger partial charge in [0.1, 0.15) is 5.69 Å². The van der Waals surface area contributed by atoms with Gasteiger partial charge in [0.2, 0.25) is 5.16 Å². The molecule has 0 amide bonds. The third kappa shape index (κ3) is 3.75. The fourth-order valence-electron chi connectivity index (χ4n) is 1.38. The molecule has 0 spiro atoms. The van der Waals surface area contributed by atoms with Gasteiger partial charge in [0, 0.05) is 0 Å². The molecule has 0 bridgehead atoms. The molecule has 1 heterocycles. The molecule has 0 fully saturated rings. The van der Waals surface area contributed by atoms with Gasteiger partial charge in [-0.15, -0.1) is 5.10 Å². The average molecular weight is 273 g/mol. The first kappa shape index (κ1) is 13.5. The molecule has 2 aromatic rings. The fourth-order valence-corrected chi connectivity index (χ4v) is 1.70. The van der Waals surface area contributed by atoms with E-state index in [-0.39, 0.29) is 0 Å². The van der Waals surface area contributed by atoms with Crippen molar-refractivity contribution in [3.8, 4) is 0 Å². The van der Waals surface area contributed by atoms with E-state index in [4.69, 9.17) is 0 Å². The number of aromatic nitrogens is 3. The molecular formula is C13H15N5S. The molecule has 0 radical (unpaired) electrons. The van der Waals surface area contributed by atoms with Crippen molar-refractivity contribution in [3.05, 3.63) is 41.7 Å². The summed E-state index contributed by atoms with van der Waals surface area (Å²) in [6, 6.07) is 8.03. The number of anilines is 1. The van der Waals surface area contributed by atoms with Crippen molar-refractivity contribution >= 4 is 23.2 Å². The van der Waals surface area contributed by atoms with Crippen LogP contribution in [0.15, 0.2) is 40.7 Å². The van der Waals surface area contributed by atoms with Gasteiger partial charge < -0.3 is 0 Å². The molecule has 0 saturated carbocycles. The number of thioether (sulfide) groups is 1. The highest BCUT2D eigenvalue weighted by molar-refractivity contribution is 7.98. The SMILES string of the molecule is CSc1nncc(/C(C)=N\Nc2ccc(C)cc2)n1. The number of rotatable bonds is 4. The van der Waals surface area contributed by atoms with Gasteiger partial charge in [-0.1, -0.05) is 29.5 Å². The van der Waals surface area contributed by atoms with Gasteiger partial charge in [0.15, 0.2) is 0 Å². The molecule has 0 aliphatic heterocycles. The first-order chi connectivity index (χ1) is 9.19. The van der Waals surface area contributed by atoms with E-state index in [1.54, 1.807) is 6.20 Å². The summed E-state index contributed by atoms with van der Waals surface area (Å²) in [6.45, 7) is 3.93. The Hall–Kier alpha value is -1.95. The zero-order valence-electron chi connectivity index (χ0n) is 11.1. The Bertz CT molecular complexity index is 580. The summed E-state index contributed by atoms with van der Waals surface area (Å²) in [5.41, 5.74) is 6.65. The lowest BCUT2D eigenvalue weighted by Gasteiger charge is -2.03. The summed E-state index contributed by atoms with van der Waals surface area (Å²) in [7, 11) is 0. The van der Waals surface area contributed by atoms with Crippen LogP contribution in [0.2, 0.25) is 0 Å². The van der Waals surface area contributed by atoms with Gasteiger partial charge in [-0.05, 0) is 32.2 Å². The largest absolute Gasteiger partial charge is 0.278 e. The van der Waals surface area contributed by atoms with Gasteiger partial charge >= 0.3 is 0 Å². The number of hydrazone groups is 1. The molecule has 0 aliphatic rings. The minimum atomic E-state index is 0.641. The van der Waals surface area contributed by atoms with Gasteiger partial charge in [0.05, 0.1) is 17.6 Å². The average Bonchev–Trinajstić information content (AvgIpc) is 2.46. The number of hydrogen-bond acceptors (Lipinski definition) is 6. The van der Waals surface area contributed by atoms with Gasteiger partial charge in [-0.25, -0.2) is 4.98 Å². The lowest BCUT2D eigenvalue weighted by molar-refractivity contribution is 0.833. The second-order valence-corrected chi connectivity index (χ2v) is 4.78. The monoisotopic (exact) mass is 273 g/mol. The van der Waals surface area contributed by atoms with Gasteiger partial charge in [-0.3, -0.25) is 5.43 Å². The highest BCUT2D eigenvalue weighted by Crippen LogP contribution is 2.10. The maximum Gasteiger partial charge on any atom is 0.209 e. The fraction of sp³-hybridized carbons (Fsp3) is 0.231. The second-order valence-electron chi connectivity index (χ2n) is 4.00. The Balaban J connectivity index is 2.11. The first-order valence-corrected chi connectivity index (χ1v) is 7.02. The molecule has 5 nitrogen and oxygen atoms in total. The molecule has 0 aliphatic carbocycles. The Morgan fingerprint density at radius 3 is 2.68 bits per heavy atom. The first-order valence-electron chi connectivity index (χ1n) is 5.80. The molecule has 0 saturated heterocycles. The van der Waals surface area contributed by atoms with E-state index in [0.717, 1.165) is 17.1 Å². The summed E-state index contributed by atoms with van der Waals surface area (Å²) in [6.07, 6.45) is 3.52. The Morgan fingerprint density at radius 1 is 1.26 bits per heavy atom. The Kier molecular flexibility index (Phi) is 4.46. The van der Waals surface area contributed by atoms with E-state index in [1.807, 2.05) is 37.4 Å². The highest BCUT2D eigenvalue weighted by atomic mass is 32.2. The normalized spacial score (nSPS) is 11.4. The van der Waals surface area contributed by atoms with Crippen LogP contribution in [0.4, 0.5) is 5.69 Å². The summed E-state index contributed by atoms with van der Waals surface area (Å²) >= 11 is 1.46. The second kappa shape index (κ2) is 6.29. The van der Waals surface area contributed by atoms with E-state index >= 15 is 0 Å². The summed E-state index contributed by atoms with van der Waals surface area (Å²) in [5, 5.41) is 12.7. The Labute approximate surface area is 116 Å². The molecule has 2 rings (SSSR count). The number of aryl methyl sites for hydroxylation is 1. The van der Waals surface area contributed by atoms with E-state index in [2.05, 4.69) is 32.6 Å². The van der Waals surface area contributed by atoms with E-state index in [1.165, 1.54) is 17.3 Å². The minimum Gasteiger partial charge on any atom is -0.278 e. The topological polar surface area (TPSA) is 63.1 Å². The predicted molar refractivity (Wildman–Crippen MR) is 78.6 cm³/mol. The molecule has 1 aromatic heterocycles. The zero-order chi connectivity index (χ0) is 13.7. The quantitative estimate of drug-likeness (QED) is 0.527. The van der Waals surface area contributed by atoms with Crippen molar-refractivity contribution in [1.82, 2.24) is 15.2 Å². The van der Waals surface area contributed by atoms with Crippen LogP contribution < -0.4 is 5.43 Å². The van der Waals surface area contributed by atoms with Crippen LogP contribution in [0.3, 0.4) is 0 Å². The van der Waals surface area contributed by atoms with Crippen molar-refractivity contribution < 1.29 is 0 Å². The third-order valence-electron chi connectivity index (χ3n) is 2.50. The number of hydrogen-bond donors (Lipinski definition) is 1. The molecule has 1 aromatic carbocycles. The summed E-state index contributed by atoms with van der Waals surface area (Å²) in [5.74, 6) is 0. The molecule has 0 atom stereocenters. The summed E-state index contributed by atoms with van der Waals surface area (Å²) in [4.78, 5) is 4.34. The number of nitrogens with zero attached hydrogens (tertiary/aromatic N) is 4. The molecule has 0 unspecified atom stereocenters. The van der Waals surface area contributed by atoms with Crippen molar-refractivity contribution in [2.75, 3.05) is 11.7 Å². The molecule has 6 heteroatoms. The van der Waals surface area contributed by atoms with Crippen LogP contribution in [0, 0.1) is 6.92 Å². The molecule has 98 valence electrons. The van der Waals surface area contributed by atoms with Crippen molar-refractivity contribution in [3.63, 3.8) is 0 Å². The number of benzene rings is 1. The van der Waals surface area contributed by atoms with Gasteiger partial charge in [0.25, 0.3) is 0 Å². The smallest absolute Gasteiger partial charge is 0.209 e. The highest BCUT2D eigenvalue weighted by Gasteiger charge is 2.02. The molecular weight excluding hydrogens is 258 g/mol. The summed E-state index contributed by atoms with van der Waals surface area (Å²) < 4.78 is 0. The lowest BCUT2D eigenvalue weighted by atomic mass is 10.2. The third-order valence-corrected chi connectivity index (χ3v) is 3.04. The molecule has 1 N–H and O–H groups in total. The van der Waals surface area contributed by atoms with E-state index < -0.39 is 0 Å². The van der Waals surface area contributed by atoms with Crippen molar-refractivity contribution in [2.45, 2.75) is 19.0 Å². The lowest BCUT2D eigenvalue weighted by Crippen LogP contribution is -2.05. The molecule has 19 heavy (non-hydrogen) atoms. The predicted octanol–water partition coefficient (Wildman–Crippen LogP) is 2.74. The van der Waals surface area contributed by atoms with Crippen LogP contribution in [-0.4, -0.2) is 27.1 Å².